The Kier molecular flexibility index (Phi) is 6.59. The highest BCUT2D eigenvalue weighted by Crippen LogP contribution is 2.23. The molecule has 4 aromatic rings. The van der Waals surface area contributed by atoms with Gasteiger partial charge in [0.2, 0.25) is 5.78 Å². The van der Waals surface area contributed by atoms with E-state index in [9.17, 15) is 4.79 Å². The Hall–Kier alpha value is -3.54. The number of hydrogen-bond acceptors (Lipinski definition) is 4. The smallest absolute Gasteiger partial charge is 0.213 e. The second-order valence-electron chi connectivity index (χ2n) is 6.93. The summed E-state index contributed by atoms with van der Waals surface area (Å²) in [6.45, 7) is 1.83. The Morgan fingerprint density at radius 2 is 1.47 bits per heavy atom. The van der Waals surface area contributed by atoms with Gasteiger partial charge in [-0.25, -0.2) is 4.68 Å². The first-order valence-electron chi connectivity index (χ1n) is 9.82. The zero-order chi connectivity index (χ0) is 22.5. The van der Waals surface area contributed by atoms with Crippen LogP contribution in [0.2, 0.25) is 10.2 Å². The molecule has 32 heavy (non-hydrogen) atoms. The van der Waals surface area contributed by atoms with Crippen molar-refractivity contribution in [2.75, 3.05) is 0 Å². The molecule has 3 aromatic carbocycles. The van der Waals surface area contributed by atoms with Crippen molar-refractivity contribution >= 4 is 40.9 Å². The number of halogens is 2. The van der Waals surface area contributed by atoms with Gasteiger partial charge in [-0.15, -0.1) is 5.10 Å². The summed E-state index contributed by atoms with van der Waals surface area (Å²) in [7, 11) is 0. The molecule has 0 aliphatic heterocycles. The normalized spacial score (nSPS) is 11.8. The fraction of sp³-hybridized carbons (Fsp3) is 0.0400. The molecule has 0 radical (unpaired) electrons. The summed E-state index contributed by atoms with van der Waals surface area (Å²) in [4.78, 5) is 13.1. The standard InChI is InChI=1S/C25H18Cl2N4O/c1-17-22(25(27)31(30-17)21-14-12-20(26)13-15-21)16-28-29-23(18-8-4-2-5-9-18)24(32)19-10-6-3-7-11-19/h2-16H,1H3/b28-16-,29-23-. The average Bonchev–Trinajstić information content (AvgIpc) is 3.11. The largest absolute Gasteiger partial charge is 0.287 e. The lowest BCUT2D eigenvalue weighted by atomic mass is 10.0. The van der Waals surface area contributed by atoms with Crippen LogP contribution in [0.3, 0.4) is 0 Å². The van der Waals surface area contributed by atoms with Gasteiger partial charge in [-0.05, 0) is 31.2 Å². The van der Waals surface area contributed by atoms with E-state index in [1.165, 1.54) is 6.21 Å². The fourth-order valence-corrected chi connectivity index (χ4v) is 3.56. The highest BCUT2D eigenvalue weighted by atomic mass is 35.5. The first-order valence-corrected chi connectivity index (χ1v) is 10.6. The lowest BCUT2D eigenvalue weighted by molar-refractivity contribution is 0.106. The van der Waals surface area contributed by atoms with Crippen molar-refractivity contribution in [3.63, 3.8) is 0 Å². The third-order valence-corrected chi connectivity index (χ3v) is 5.38. The average molecular weight is 461 g/mol. The van der Waals surface area contributed by atoms with Crippen LogP contribution in [0.25, 0.3) is 5.69 Å². The summed E-state index contributed by atoms with van der Waals surface area (Å²) >= 11 is 12.5. The van der Waals surface area contributed by atoms with Crippen LogP contribution >= 0.6 is 23.2 Å². The second kappa shape index (κ2) is 9.73. The molecule has 4 rings (SSSR count). The summed E-state index contributed by atoms with van der Waals surface area (Å²) in [6, 6.07) is 25.4. The molecule has 0 fully saturated rings. The van der Waals surface area contributed by atoms with Gasteiger partial charge in [0, 0.05) is 16.1 Å². The Labute approximate surface area is 195 Å². The van der Waals surface area contributed by atoms with Crippen LogP contribution in [-0.4, -0.2) is 27.5 Å². The predicted octanol–water partition coefficient (Wildman–Crippen LogP) is 6.19. The predicted molar refractivity (Wildman–Crippen MR) is 130 cm³/mol. The van der Waals surface area contributed by atoms with E-state index in [-0.39, 0.29) is 11.5 Å². The number of benzene rings is 3. The molecule has 5 nitrogen and oxygen atoms in total. The second-order valence-corrected chi connectivity index (χ2v) is 7.73. The van der Waals surface area contributed by atoms with Crippen molar-refractivity contribution in [2.24, 2.45) is 10.2 Å². The number of carbonyl (C=O) groups is 1. The molecule has 0 unspecified atom stereocenters. The lowest BCUT2D eigenvalue weighted by Crippen LogP contribution is -2.15. The van der Waals surface area contributed by atoms with Crippen molar-refractivity contribution in [1.29, 1.82) is 0 Å². The maximum Gasteiger partial charge on any atom is 0.213 e. The van der Waals surface area contributed by atoms with Crippen LogP contribution in [0.15, 0.2) is 95.1 Å². The molecule has 0 amide bonds. The highest BCUT2D eigenvalue weighted by molar-refractivity contribution is 6.51. The van der Waals surface area contributed by atoms with Crippen LogP contribution in [0.4, 0.5) is 0 Å². The first kappa shape index (κ1) is 21.7. The van der Waals surface area contributed by atoms with E-state index in [0.717, 1.165) is 5.69 Å². The van der Waals surface area contributed by atoms with Crippen LogP contribution < -0.4 is 0 Å². The molecule has 0 spiro atoms. The van der Waals surface area contributed by atoms with Crippen molar-refractivity contribution in [3.8, 4) is 5.69 Å². The number of Topliss-reactive ketones (excluding diaryl/α,β-unsaturated/α-hetero) is 1. The van der Waals surface area contributed by atoms with E-state index in [1.54, 1.807) is 28.9 Å². The summed E-state index contributed by atoms with van der Waals surface area (Å²) in [5, 5.41) is 14.0. The van der Waals surface area contributed by atoms with Crippen LogP contribution in [0, 0.1) is 6.92 Å². The molecule has 0 saturated heterocycles. The van der Waals surface area contributed by atoms with Crippen molar-refractivity contribution in [2.45, 2.75) is 6.92 Å². The van der Waals surface area contributed by atoms with Gasteiger partial charge in [0.25, 0.3) is 0 Å². The molecule has 0 atom stereocenters. The monoisotopic (exact) mass is 460 g/mol. The van der Waals surface area contributed by atoms with E-state index in [4.69, 9.17) is 23.2 Å². The van der Waals surface area contributed by atoms with Crippen LogP contribution in [0.5, 0.6) is 0 Å². The van der Waals surface area contributed by atoms with Crippen molar-refractivity contribution in [3.05, 3.63) is 117 Å². The van der Waals surface area contributed by atoms with Crippen molar-refractivity contribution < 1.29 is 4.79 Å². The minimum absolute atomic E-state index is 0.214. The minimum Gasteiger partial charge on any atom is -0.287 e. The van der Waals surface area contributed by atoms with E-state index < -0.39 is 0 Å². The molecule has 7 heteroatoms. The van der Waals surface area contributed by atoms with E-state index >= 15 is 0 Å². The number of ketones is 1. The van der Waals surface area contributed by atoms with Crippen molar-refractivity contribution in [1.82, 2.24) is 9.78 Å². The van der Waals surface area contributed by atoms with Gasteiger partial charge in [-0.2, -0.15) is 10.2 Å². The number of nitrogens with zero attached hydrogens (tertiary/aromatic N) is 4. The summed E-state index contributed by atoms with van der Waals surface area (Å²) in [5.41, 5.74) is 3.53. The summed E-state index contributed by atoms with van der Waals surface area (Å²) < 4.78 is 1.60. The fourth-order valence-electron chi connectivity index (χ4n) is 3.11. The minimum atomic E-state index is -0.214. The molecule has 0 bridgehead atoms. The van der Waals surface area contributed by atoms with Gasteiger partial charge in [-0.3, -0.25) is 4.79 Å². The van der Waals surface area contributed by atoms with Gasteiger partial charge in [0.05, 0.1) is 23.2 Å². The van der Waals surface area contributed by atoms with Gasteiger partial charge < -0.3 is 0 Å². The number of carbonyl (C=O) groups excluding carboxylic acids is 1. The summed E-state index contributed by atoms with van der Waals surface area (Å²) in [6.07, 6.45) is 1.51. The molecule has 158 valence electrons. The van der Waals surface area contributed by atoms with Crippen LogP contribution in [0.1, 0.15) is 27.2 Å². The molecule has 0 N–H and O–H groups in total. The Morgan fingerprint density at radius 1 is 0.875 bits per heavy atom. The third kappa shape index (κ3) is 4.69. The Bertz CT molecular complexity index is 1300. The molecular weight excluding hydrogens is 443 g/mol. The summed E-state index contributed by atoms with van der Waals surface area (Å²) in [5.74, 6) is -0.214. The zero-order valence-corrected chi connectivity index (χ0v) is 18.6. The molecular formula is C25H18Cl2N4O. The molecule has 1 aromatic heterocycles. The van der Waals surface area contributed by atoms with E-state index in [2.05, 4.69) is 15.3 Å². The molecule has 1 heterocycles. The topological polar surface area (TPSA) is 59.6 Å². The third-order valence-electron chi connectivity index (χ3n) is 4.76. The number of hydrogen-bond donors (Lipinski definition) is 0. The van der Waals surface area contributed by atoms with Gasteiger partial charge in [0.15, 0.2) is 0 Å². The SMILES string of the molecule is Cc1nn(-c2ccc(Cl)cc2)c(Cl)c1/C=N\N=C(/C(=O)c1ccccc1)c1ccccc1. The molecule has 0 saturated carbocycles. The zero-order valence-electron chi connectivity index (χ0n) is 17.1. The lowest BCUT2D eigenvalue weighted by Gasteiger charge is -2.04. The van der Waals surface area contributed by atoms with Gasteiger partial charge >= 0.3 is 0 Å². The van der Waals surface area contributed by atoms with E-state index in [1.807, 2.05) is 67.6 Å². The Balaban J connectivity index is 1.69. The molecule has 0 aliphatic rings. The Morgan fingerprint density at radius 3 is 2.09 bits per heavy atom. The maximum absolute atomic E-state index is 13.1. The van der Waals surface area contributed by atoms with Crippen LogP contribution in [-0.2, 0) is 0 Å². The maximum atomic E-state index is 13.1. The highest BCUT2D eigenvalue weighted by Gasteiger charge is 2.17. The van der Waals surface area contributed by atoms with Gasteiger partial charge in [0.1, 0.15) is 10.9 Å². The number of aryl methyl sites for hydroxylation is 1. The van der Waals surface area contributed by atoms with Gasteiger partial charge in [-0.1, -0.05) is 83.9 Å². The molecule has 0 aliphatic carbocycles. The van der Waals surface area contributed by atoms with E-state index in [0.29, 0.717) is 32.6 Å². The number of aromatic nitrogens is 2. The first-order chi connectivity index (χ1) is 15.5. The quantitative estimate of drug-likeness (QED) is 0.195. The number of rotatable bonds is 6.